The van der Waals surface area contributed by atoms with Crippen molar-refractivity contribution in [2.24, 2.45) is 35.5 Å². The van der Waals surface area contributed by atoms with Crippen molar-refractivity contribution in [1.82, 2.24) is 0 Å². The number of allylic oxidation sites excluding steroid dienone is 1. The molecule has 0 N–H and O–H groups in total. The maximum atomic E-state index is 3.99. The number of hydrogen-bond acceptors (Lipinski definition) is 0. The molecule has 0 heteroatoms. The zero-order valence-corrected chi connectivity index (χ0v) is 19.9. The SMILES string of the molecule is C=C[C@H]1CC[C@H](CCCC[C@H]2CC[C@H]([C@H]3CC[C@H](CCCCC)CC3)CC2)CC1. The summed E-state index contributed by atoms with van der Waals surface area (Å²) in [6, 6.07) is 0. The lowest BCUT2D eigenvalue weighted by Gasteiger charge is -2.38. The maximum Gasteiger partial charge on any atom is -0.0236 e. The Morgan fingerprint density at radius 2 is 0.931 bits per heavy atom. The third-order valence-corrected chi connectivity index (χ3v) is 9.36. The minimum atomic E-state index is 0.831. The molecule has 0 aliphatic heterocycles. The molecule has 0 aromatic rings. The van der Waals surface area contributed by atoms with Crippen LogP contribution in [0.4, 0.5) is 0 Å². The van der Waals surface area contributed by atoms with Crippen molar-refractivity contribution in [3.8, 4) is 0 Å². The first-order valence-corrected chi connectivity index (χ1v) is 13.9. The van der Waals surface area contributed by atoms with Crippen LogP contribution in [0, 0.1) is 35.5 Å². The van der Waals surface area contributed by atoms with E-state index in [1.165, 1.54) is 70.6 Å². The second-order valence-corrected chi connectivity index (χ2v) is 11.4. The first kappa shape index (κ1) is 23.4. The summed E-state index contributed by atoms with van der Waals surface area (Å²) >= 11 is 0. The summed E-state index contributed by atoms with van der Waals surface area (Å²) in [4.78, 5) is 0. The molecule has 3 rings (SSSR count). The molecule has 3 saturated carbocycles. The van der Waals surface area contributed by atoms with Gasteiger partial charge in [0, 0.05) is 0 Å². The lowest BCUT2D eigenvalue weighted by molar-refractivity contribution is 0.139. The fourth-order valence-electron chi connectivity index (χ4n) is 7.16. The molecule has 0 nitrogen and oxygen atoms in total. The topological polar surface area (TPSA) is 0 Å². The summed E-state index contributed by atoms with van der Waals surface area (Å²) < 4.78 is 0. The molecule has 3 fully saturated rings. The van der Waals surface area contributed by atoms with Gasteiger partial charge < -0.3 is 0 Å². The van der Waals surface area contributed by atoms with Gasteiger partial charge in [-0.25, -0.2) is 0 Å². The summed E-state index contributed by atoms with van der Waals surface area (Å²) in [7, 11) is 0. The fourth-order valence-corrected chi connectivity index (χ4v) is 7.16. The van der Waals surface area contributed by atoms with Crippen molar-refractivity contribution in [3.05, 3.63) is 12.7 Å². The van der Waals surface area contributed by atoms with Crippen LogP contribution in [0.2, 0.25) is 0 Å². The average molecular weight is 401 g/mol. The Morgan fingerprint density at radius 1 is 0.552 bits per heavy atom. The highest BCUT2D eigenvalue weighted by Gasteiger charge is 2.30. The Labute approximate surface area is 183 Å². The number of hydrogen-bond donors (Lipinski definition) is 0. The molecule has 3 aliphatic carbocycles. The summed E-state index contributed by atoms with van der Waals surface area (Å²) in [5.74, 6) is 6.23. The van der Waals surface area contributed by atoms with Gasteiger partial charge in [-0.2, -0.15) is 0 Å². The molecule has 0 spiro atoms. The normalized spacial score (nSPS) is 36.0. The van der Waals surface area contributed by atoms with E-state index in [0.717, 1.165) is 35.5 Å². The van der Waals surface area contributed by atoms with Crippen LogP contribution in [0.25, 0.3) is 0 Å². The van der Waals surface area contributed by atoms with Crippen LogP contribution in [0.3, 0.4) is 0 Å². The largest absolute Gasteiger partial charge is 0.103 e. The summed E-state index contributed by atoms with van der Waals surface area (Å²) in [6.07, 6.45) is 32.4. The van der Waals surface area contributed by atoms with Crippen LogP contribution in [-0.2, 0) is 0 Å². The molecule has 29 heavy (non-hydrogen) atoms. The van der Waals surface area contributed by atoms with Crippen LogP contribution in [0.15, 0.2) is 12.7 Å². The van der Waals surface area contributed by atoms with Crippen LogP contribution < -0.4 is 0 Å². The van der Waals surface area contributed by atoms with Crippen LogP contribution >= 0.6 is 0 Å². The van der Waals surface area contributed by atoms with Gasteiger partial charge >= 0.3 is 0 Å². The van der Waals surface area contributed by atoms with Gasteiger partial charge in [-0.15, -0.1) is 6.58 Å². The predicted octanol–water partition coefficient (Wildman–Crippen LogP) is 9.73. The van der Waals surface area contributed by atoms with Crippen LogP contribution in [-0.4, -0.2) is 0 Å². The van der Waals surface area contributed by atoms with Gasteiger partial charge in [-0.05, 0) is 86.9 Å². The van der Waals surface area contributed by atoms with Gasteiger partial charge in [0.2, 0.25) is 0 Å². The molecule has 0 unspecified atom stereocenters. The van der Waals surface area contributed by atoms with Crippen molar-refractivity contribution >= 4 is 0 Å². The Kier molecular flexibility index (Phi) is 10.7. The third kappa shape index (κ3) is 8.06. The monoisotopic (exact) mass is 400 g/mol. The molecule has 0 atom stereocenters. The van der Waals surface area contributed by atoms with E-state index < -0.39 is 0 Å². The first-order valence-electron chi connectivity index (χ1n) is 13.9. The van der Waals surface area contributed by atoms with Gasteiger partial charge in [-0.1, -0.05) is 90.0 Å². The Morgan fingerprint density at radius 3 is 1.31 bits per heavy atom. The zero-order valence-electron chi connectivity index (χ0n) is 19.9. The predicted molar refractivity (Wildman–Crippen MR) is 129 cm³/mol. The van der Waals surface area contributed by atoms with E-state index in [-0.39, 0.29) is 0 Å². The highest BCUT2D eigenvalue weighted by atomic mass is 14.4. The van der Waals surface area contributed by atoms with E-state index in [1.807, 2.05) is 0 Å². The average Bonchev–Trinajstić information content (AvgIpc) is 2.78. The second-order valence-electron chi connectivity index (χ2n) is 11.4. The molecule has 0 radical (unpaired) electrons. The van der Waals surface area contributed by atoms with Crippen molar-refractivity contribution in [3.63, 3.8) is 0 Å². The van der Waals surface area contributed by atoms with Crippen molar-refractivity contribution in [1.29, 1.82) is 0 Å². The highest BCUT2D eigenvalue weighted by molar-refractivity contribution is 4.84. The minimum absolute atomic E-state index is 0.831. The highest BCUT2D eigenvalue weighted by Crippen LogP contribution is 2.43. The standard InChI is InChI=1S/C29H52/c1-3-5-6-9-26-16-20-28(21-17-26)29-22-18-27(19-23-29)11-8-7-10-25-14-12-24(4-2)13-15-25/h4,24-29H,2-3,5-23H2,1H3/t24-,25-,26-,27-,28-,29-. The molecule has 0 aromatic carbocycles. The van der Waals surface area contributed by atoms with E-state index in [1.54, 1.807) is 57.8 Å². The first-order chi connectivity index (χ1) is 14.3. The summed E-state index contributed by atoms with van der Waals surface area (Å²) in [5, 5.41) is 0. The smallest absolute Gasteiger partial charge is 0.0236 e. The van der Waals surface area contributed by atoms with Gasteiger partial charge in [0.15, 0.2) is 0 Å². The number of rotatable bonds is 11. The molecule has 3 aliphatic rings. The molecule has 0 heterocycles. The Hall–Kier alpha value is -0.260. The van der Waals surface area contributed by atoms with Gasteiger partial charge in [0.05, 0.1) is 0 Å². The van der Waals surface area contributed by atoms with Crippen LogP contribution in [0.1, 0.15) is 135 Å². The van der Waals surface area contributed by atoms with Crippen molar-refractivity contribution in [2.75, 3.05) is 0 Å². The molecular formula is C29H52. The number of unbranched alkanes of at least 4 members (excludes halogenated alkanes) is 3. The lowest BCUT2D eigenvalue weighted by Crippen LogP contribution is -2.26. The Balaban J connectivity index is 1.21. The zero-order chi connectivity index (χ0) is 20.3. The molecule has 0 bridgehead atoms. The van der Waals surface area contributed by atoms with E-state index >= 15 is 0 Å². The molecular weight excluding hydrogens is 348 g/mol. The van der Waals surface area contributed by atoms with E-state index in [2.05, 4.69) is 19.6 Å². The van der Waals surface area contributed by atoms with Crippen molar-refractivity contribution in [2.45, 2.75) is 135 Å². The Bertz CT molecular complexity index is 413. The minimum Gasteiger partial charge on any atom is -0.103 e. The summed E-state index contributed by atoms with van der Waals surface area (Å²) in [5.41, 5.74) is 0. The van der Waals surface area contributed by atoms with Crippen LogP contribution in [0.5, 0.6) is 0 Å². The molecule has 168 valence electrons. The second kappa shape index (κ2) is 13.2. The van der Waals surface area contributed by atoms with Gasteiger partial charge in [0.1, 0.15) is 0 Å². The van der Waals surface area contributed by atoms with E-state index in [4.69, 9.17) is 0 Å². The summed E-state index contributed by atoms with van der Waals surface area (Å²) in [6.45, 7) is 6.32. The van der Waals surface area contributed by atoms with Gasteiger partial charge in [-0.3, -0.25) is 0 Å². The van der Waals surface area contributed by atoms with E-state index in [9.17, 15) is 0 Å². The van der Waals surface area contributed by atoms with Gasteiger partial charge in [0.25, 0.3) is 0 Å². The fraction of sp³-hybridized carbons (Fsp3) is 0.931. The maximum absolute atomic E-state index is 3.99. The lowest BCUT2D eigenvalue weighted by atomic mass is 9.68. The van der Waals surface area contributed by atoms with Crippen molar-refractivity contribution < 1.29 is 0 Å². The third-order valence-electron chi connectivity index (χ3n) is 9.36. The quantitative estimate of drug-likeness (QED) is 0.239. The molecule has 0 aromatic heterocycles. The molecule has 0 saturated heterocycles. The molecule has 0 amide bonds. The van der Waals surface area contributed by atoms with E-state index in [0.29, 0.717) is 0 Å².